The van der Waals surface area contributed by atoms with Crippen molar-refractivity contribution in [3.63, 3.8) is 0 Å². The third-order valence-electron chi connectivity index (χ3n) is 3.72. The number of aromatic nitrogens is 1. The summed E-state index contributed by atoms with van der Waals surface area (Å²) in [6, 6.07) is 5.42. The number of H-pyrrole nitrogens is 1. The molecule has 8 nitrogen and oxygen atoms in total. The molecular formula is C17H23N3O5. The quantitative estimate of drug-likeness (QED) is 0.517. The van der Waals surface area contributed by atoms with E-state index in [4.69, 9.17) is 14.6 Å². The third kappa shape index (κ3) is 5.30. The number of carbonyl (C=O) groups excluding carboxylic acids is 1. The smallest absolute Gasteiger partial charge is 0.314 e. The fourth-order valence-electron chi connectivity index (χ4n) is 2.48. The first-order valence-corrected chi connectivity index (χ1v) is 8.00. The predicted octanol–water partition coefficient (Wildman–Crippen LogP) is 1.89. The zero-order chi connectivity index (χ0) is 18.2. The molecule has 4 N–H and O–H groups in total. The Morgan fingerprint density at radius 3 is 2.56 bits per heavy atom. The zero-order valence-electron chi connectivity index (χ0n) is 14.3. The van der Waals surface area contributed by atoms with Gasteiger partial charge in [0, 0.05) is 36.3 Å². The SMILES string of the molecule is COc1cc(OC)c2cc(CCCNC(=O)NCCC(=O)O)[nH]c2c1. The molecule has 2 rings (SSSR count). The van der Waals surface area contributed by atoms with Crippen molar-refractivity contribution in [2.45, 2.75) is 19.3 Å². The number of aromatic amines is 1. The van der Waals surface area contributed by atoms with E-state index in [2.05, 4.69) is 15.6 Å². The molecule has 0 aliphatic heterocycles. The monoisotopic (exact) mass is 349 g/mol. The first-order valence-electron chi connectivity index (χ1n) is 8.00. The number of aliphatic carboxylic acids is 1. The maximum absolute atomic E-state index is 11.5. The zero-order valence-corrected chi connectivity index (χ0v) is 14.3. The number of carboxylic acids is 1. The van der Waals surface area contributed by atoms with Gasteiger partial charge < -0.3 is 30.2 Å². The molecular weight excluding hydrogens is 326 g/mol. The van der Waals surface area contributed by atoms with Crippen LogP contribution in [0, 0.1) is 0 Å². The summed E-state index contributed by atoms with van der Waals surface area (Å²) in [7, 11) is 3.23. The van der Waals surface area contributed by atoms with E-state index < -0.39 is 5.97 Å². The summed E-state index contributed by atoms with van der Waals surface area (Å²) in [5.41, 5.74) is 1.97. The van der Waals surface area contributed by atoms with E-state index in [1.807, 2.05) is 18.2 Å². The molecule has 0 fully saturated rings. The Morgan fingerprint density at radius 1 is 1.12 bits per heavy atom. The summed E-state index contributed by atoms with van der Waals surface area (Å²) in [5.74, 6) is 0.524. The summed E-state index contributed by atoms with van der Waals surface area (Å²) >= 11 is 0. The van der Waals surface area contributed by atoms with Gasteiger partial charge >= 0.3 is 12.0 Å². The van der Waals surface area contributed by atoms with Crippen molar-refractivity contribution in [2.24, 2.45) is 0 Å². The minimum atomic E-state index is -0.939. The largest absolute Gasteiger partial charge is 0.497 e. The minimum Gasteiger partial charge on any atom is -0.497 e. The van der Waals surface area contributed by atoms with Crippen molar-refractivity contribution in [1.29, 1.82) is 0 Å². The number of hydrogen-bond donors (Lipinski definition) is 4. The van der Waals surface area contributed by atoms with E-state index in [0.29, 0.717) is 6.54 Å². The molecule has 0 saturated heterocycles. The number of nitrogens with one attached hydrogen (secondary N) is 3. The van der Waals surface area contributed by atoms with E-state index in [1.54, 1.807) is 14.2 Å². The minimum absolute atomic E-state index is 0.0895. The summed E-state index contributed by atoms with van der Waals surface area (Å²) in [6.07, 6.45) is 1.42. The topological polar surface area (TPSA) is 113 Å². The fraction of sp³-hybridized carbons (Fsp3) is 0.412. The summed E-state index contributed by atoms with van der Waals surface area (Å²) in [6.45, 7) is 0.611. The number of amides is 2. The first kappa shape index (κ1) is 18.4. The molecule has 1 aromatic carbocycles. The lowest BCUT2D eigenvalue weighted by Crippen LogP contribution is -2.37. The third-order valence-corrected chi connectivity index (χ3v) is 3.72. The van der Waals surface area contributed by atoms with Gasteiger partial charge in [-0.2, -0.15) is 0 Å². The van der Waals surface area contributed by atoms with Gasteiger partial charge in [-0.3, -0.25) is 4.79 Å². The molecule has 0 aliphatic rings. The number of aryl methyl sites for hydroxylation is 1. The lowest BCUT2D eigenvalue weighted by Gasteiger charge is -2.05. The van der Waals surface area contributed by atoms with Gasteiger partial charge in [0.25, 0.3) is 0 Å². The second-order valence-corrected chi connectivity index (χ2v) is 5.52. The van der Waals surface area contributed by atoms with Gasteiger partial charge in [0.05, 0.1) is 26.2 Å². The molecule has 25 heavy (non-hydrogen) atoms. The molecule has 0 saturated carbocycles. The number of methoxy groups -OCH3 is 2. The number of fused-ring (bicyclic) bond motifs is 1. The van der Waals surface area contributed by atoms with E-state index >= 15 is 0 Å². The molecule has 0 spiro atoms. The van der Waals surface area contributed by atoms with Crippen molar-refractivity contribution in [3.8, 4) is 11.5 Å². The first-order chi connectivity index (χ1) is 12.0. The van der Waals surface area contributed by atoms with Gasteiger partial charge in [0.15, 0.2) is 0 Å². The molecule has 1 heterocycles. The Morgan fingerprint density at radius 2 is 1.88 bits per heavy atom. The van der Waals surface area contributed by atoms with Gasteiger partial charge in [-0.1, -0.05) is 0 Å². The van der Waals surface area contributed by atoms with Crippen LogP contribution in [0.1, 0.15) is 18.5 Å². The van der Waals surface area contributed by atoms with Gasteiger partial charge in [-0.15, -0.1) is 0 Å². The Balaban J connectivity index is 1.83. The molecule has 8 heteroatoms. The van der Waals surface area contributed by atoms with Crippen LogP contribution in [0.25, 0.3) is 10.9 Å². The Hall–Kier alpha value is -2.90. The maximum Gasteiger partial charge on any atom is 0.314 e. The normalized spacial score (nSPS) is 10.5. The van der Waals surface area contributed by atoms with Crippen LogP contribution in [0.3, 0.4) is 0 Å². The predicted molar refractivity (Wildman–Crippen MR) is 93.4 cm³/mol. The molecule has 1 aromatic heterocycles. The lowest BCUT2D eigenvalue weighted by molar-refractivity contribution is -0.136. The molecule has 136 valence electrons. The number of urea groups is 1. The number of benzene rings is 1. The van der Waals surface area contributed by atoms with Gasteiger partial charge in [0.1, 0.15) is 11.5 Å². The van der Waals surface area contributed by atoms with Crippen LogP contribution in [-0.4, -0.2) is 49.4 Å². The molecule has 0 atom stereocenters. The highest BCUT2D eigenvalue weighted by atomic mass is 16.5. The van der Waals surface area contributed by atoms with Crippen LogP contribution < -0.4 is 20.1 Å². The van der Waals surface area contributed by atoms with Crippen LogP contribution >= 0.6 is 0 Å². The standard InChI is InChI=1S/C17H23N3O5/c1-24-12-9-14-13(15(10-12)25-2)8-11(20-14)4-3-6-18-17(23)19-7-5-16(21)22/h8-10,20H,3-7H2,1-2H3,(H,21,22)(H2,18,19,23). The van der Waals surface area contributed by atoms with Crippen molar-refractivity contribution in [1.82, 2.24) is 15.6 Å². The number of carbonyl (C=O) groups is 2. The van der Waals surface area contributed by atoms with Crippen molar-refractivity contribution >= 4 is 22.9 Å². The second-order valence-electron chi connectivity index (χ2n) is 5.52. The Kier molecular flexibility index (Phi) is 6.50. The average Bonchev–Trinajstić information content (AvgIpc) is 3.00. The van der Waals surface area contributed by atoms with Crippen molar-refractivity contribution in [2.75, 3.05) is 27.3 Å². The molecule has 0 radical (unpaired) electrons. The van der Waals surface area contributed by atoms with Crippen LogP contribution in [0.4, 0.5) is 4.79 Å². The van der Waals surface area contributed by atoms with Crippen molar-refractivity contribution in [3.05, 3.63) is 23.9 Å². The second kappa shape index (κ2) is 8.81. The lowest BCUT2D eigenvalue weighted by atomic mass is 10.2. The summed E-state index contributed by atoms with van der Waals surface area (Å²) in [4.78, 5) is 25.2. The van der Waals surface area contributed by atoms with E-state index in [1.165, 1.54) is 0 Å². The van der Waals surface area contributed by atoms with Crippen LogP contribution in [0.2, 0.25) is 0 Å². The molecule has 0 unspecified atom stereocenters. The van der Waals surface area contributed by atoms with Crippen LogP contribution in [0.5, 0.6) is 11.5 Å². The summed E-state index contributed by atoms with van der Waals surface area (Å²) in [5, 5.41) is 14.7. The van der Waals surface area contributed by atoms with Gasteiger partial charge in [-0.05, 0) is 18.9 Å². The number of carboxylic acid groups (broad SMARTS) is 1. The highest BCUT2D eigenvalue weighted by Gasteiger charge is 2.09. The molecule has 0 aliphatic carbocycles. The highest BCUT2D eigenvalue weighted by Crippen LogP contribution is 2.31. The van der Waals surface area contributed by atoms with E-state index in [0.717, 1.165) is 40.9 Å². The number of rotatable bonds is 9. The number of ether oxygens (including phenoxy) is 2. The Labute approximate surface area is 145 Å². The number of hydrogen-bond acceptors (Lipinski definition) is 4. The highest BCUT2D eigenvalue weighted by molar-refractivity contribution is 5.88. The Bertz CT molecular complexity index is 741. The van der Waals surface area contributed by atoms with Crippen LogP contribution in [0.15, 0.2) is 18.2 Å². The van der Waals surface area contributed by atoms with Crippen molar-refractivity contribution < 1.29 is 24.2 Å². The molecule has 2 aromatic rings. The maximum atomic E-state index is 11.5. The fourth-order valence-corrected chi connectivity index (χ4v) is 2.48. The van der Waals surface area contributed by atoms with E-state index in [9.17, 15) is 9.59 Å². The molecule has 0 bridgehead atoms. The van der Waals surface area contributed by atoms with Gasteiger partial charge in [-0.25, -0.2) is 4.79 Å². The summed E-state index contributed by atoms with van der Waals surface area (Å²) < 4.78 is 10.6. The van der Waals surface area contributed by atoms with E-state index in [-0.39, 0.29) is 19.0 Å². The molecule has 2 amide bonds. The van der Waals surface area contributed by atoms with Gasteiger partial charge in [0.2, 0.25) is 0 Å². The average molecular weight is 349 g/mol. The van der Waals surface area contributed by atoms with Crippen LogP contribution in [-0.2, 0) is 11.2 Å².